The summed E-state index contributed by atoms with van der Waals surface area (Å²) in [7, 11) is 7.53. The van der Waals surface area contributed by atoms with E-state index in [2.05, 4.69) is 4.74 Å². The highest BCUT2D eigenvalue weighted by Gasteiger charge is 2.21. The molecule has 0 N–H and O–H groups in total. The Kier molecular flexibility index (Phi) is 5.69. The molecule has 1 aromatic carbocycles. The molecule has 0 unspecified atom stereocenters. The number of hydrogen-bond donors (Lipinski definition) is 0. The lowest BCUT2D eigenvalue weighted by atomic mass is 10.1. The van der Waals surface area contributed by atoms with Crippen molar-refractivity contribution in [3.8, 4) is 17.2 Å². The monoisotopic (exact) mass is 347 g/mol. The van der Waals surface area contributed by atoms with Crippen LogP contribution in [0.4, 0.5) is 0 Å². The van der Waals surface area contributed by atoms with Crippen LogP contribution in [0.25, 0.3) is 0 Å². The van der Waals surface area contributed by atoms with Gasteiger partial charge in [0.2, 0.25) is 11.5 Å². The first-order valence-electron chi connectivity index (χ1n) is 7.52. The van der Waals surface area contributed by atoms with E-state index >= 15 is 0 Å². The lowest BCUT2D eigenvalue weighted by Gasteiger charge is -2.14. The summed E-state index contributed by atoms with van der Waals surface area (Å²) in [5.41, 5.74) is 1.51. The Morgan fingerprint density at radius 2 is 1.56 bits per heavy atom. The van der Waals surface area contributed by atoms with Gasteiger partial charge in [0.05, 0.1) is 40.6 Å². The number of ketones is 1. The molecule has 0 aliphatic carbocycles. The molecule has 2 aromatic rings. The van der Waals surface area contributed by atoms with Crippen molar-refractivity contribution in [3.05, 3.63) is 41.2 Å². The number of rotatable bonds is 7. The summed E-state index contributed by atoms with van der Waals surface area (Å²) in [6.07, 6.45) is 0.0928. The van der Waals surface area contributed by atoms with Gasteiger partial charge in [-0.05, 0) is 24.3 Å². The summed E-state index contributed by atoms with van der Waals surface area (Å²) in [5, 5.41) is 0. The number of carbonyl (C=O) groups is 2. The topological polar surface area (TPSA) is 76.0 Å². The van der Waals surface area contributed by atoms with E-state index in [0.717, 1.165) is 0 Å². The Morgan fingerprint density at radius 1 is 0.960 bits per heavy atom. The third-order valence-corrected chi connectivity index (χ3v) is 3.94. The molecular formula is C18H21NO6. The zero-order chi connectivity index (χ0) is 18.6. The first-order valence-corrected chi connectivity index (χ1v) is 7.52. The van der Waals surface area contributed by atoms with Gasteiger partial charge < -0.3 is 23.5 Å². The molecule has 1 aromatic heterocycles. The van der Waals surface area contributed by atoms with Crippen molar-refractivity contribution in [1.29, 1.82) is 0 Å². The smallest absolute Gasteiger partial charge is 0.311 e. The third-order valence-electron chi connectivity index (χ3n) is 3.94. The molecule has 0 aliphatic rings. The van der Waals surface area contributed by atoms with Crippen LogP contribution in [0.15, 0.2) is 24.3 Å². The van der Waals surface area contributed by atoms with Crippen LogP contribution >= 0.6 is 0 Å². The number of methoxy groups -OCH3 is 4. The molecule has 0 spiro atoms. The lowest BCUT2D eigenvalue weighted by molar-refractivity contribution is -0.139. The van der Waals surface area contributed by atoms with Crippen molar-refractivity contribution < 1.29 is 28.5 Å². The predicted octanol–water partition coefficient (Wildman–Crippen LogP) is 2.00. The standard InChI is InChI=1S/C18H21NO6/c1-19-12(10-16(20)24-4)6-7-13(19)17(21)11-8-14(22-2)18(25-5)15(9-11)23-3/h6-9H,10H2,1-5H3. The van der Waals surface area contributed by atoms with Gasteiger partial charge in [-0.2, -0.15) is 0 Å². The number of benzene rings is 1. The molecule has 134 valence electrons. The van der Waals surface area contributed by atoms with E-state index in [9.17, 15) is 9.59 Å². The molecular weight excluding hydrogens is 326 g/mol. The van der Waals surface area contributed by atoms with Gasteiger partial charge in [0.15, 0.2) is 11.5 Å². The molecule has 7 heteroatoms. The highest BCUT2D eigenvalue weighted by molar-refractivity contribution is 6.08. The van der Waals surface area contributed by atoms with E-state index in [1.807, 2.05) is 0 Å². The fourth-order valence-corrected chi connectivity index (χ4v) is 2.54. The normalized spacial score (nSPS) is 10.3. The van der Waals surface area contributed by atoms with Gasteiger partial charge in [-0.25, -0.2) is 0 Å². The summed E-state index contributed by atoms with van der Waals surface area (Å²) < 4.78 is 22.2. The van der Waals surface area contributed by atoms with Crippen LogP contribution < -0.4 is 14.2 Å². The van der Waals surface area contributed by atoms with Crippen LogP contribution in [0, 0.1) is 0 Å². The Balaban J connectivity index is 2.43. The summed E-state index contributed by atoms with van der Waals surface area (Å²) in [6, 6.07) is 6.58. The Hall–Kier alpha value is -2.96. The van der Waals surface area contributed by atoms with Crippen molar-refractivity contribution in [3.63, 3.8) is 0 Å². The molecule has 0 bridgehead atoms. The Morgan fingerprint density at radius 3 is 2.04 bits per heavy atom. The van der Waals surface area contributed by atoms with E-state index in [1.54, 1.807) is 35.9 Å². The van der Waals surface area contributed by atoms with E-state index in [0.29, 0.717) is 34.2 Å². The molecule has 0 aliphatic heterocycles. The maximum absolute atomic E-state index is 12.9. The summed E-state index contributed by atoms with van der Waals surface area (Å²) in [5.74, 6) is 0.619. The van der Waals surface area contributed by atoms with E-state index in [1.165, 1.54) is 28.4 Å². The molecule has 0 atom stereocenters. The second-order valence-electron chi connectivity index (χ2n) is 5.26. The van der Waals surface area contributed by atoms with Crippen molar-refractivity contribution in [2.24, 2.45) is 7.05 Å². The van der Waals surface area contributed by atoms with Gasteiger partial charge in [-0.3, -0.25) is 9.59 Å². The zero-order valence-electron chi connectivity index (χ0n) is 14.9. The zero-order valence-corrected chi connectivity index (χ0v) is 14.9. The second kappa shape index (κ2) is 7.74. The second-order valence-corrected chi connectivity index (χ2v) is 5.26. The molecule has 0 saturated carbocycles. The van der Waals surface area contributed by atoms with E-state index in [4.69, 9.17) is 14.2 Å². The number of carbonyl (C=O) groups excluding carboxylic acids is 2. The van der Waals surface area contributed by atoms with Crippen LogP contribution in [-0.2, 0) is 23.0 Å². The molecule has 25 heavy (non-hydrogen) atoms. The SMILES string of the molecule is COC(=O)Cc1ccc(C(=O)c2cc(OC)c(OC)c(OC)c2)n1C. The lowest BCUT2D eigenvalue weighted by Crippen LogP contribution is -2.13. The number of ether oxygens (including phenoxy) is 4. The van der Waals surface area contributed by atoms with Crippen molar-refractivity contribution >= 4 is 11.8 Å². The molecule has 0 fully saturated rings. The van der Waals surface area contributed by atoms with Crippen molar-refractivity contribution in [2.45, 2.75) is 6.42 Å². The molecule has 2 rings (SSSR count). The maximum atomic E-state index is 12.9. The summed E-state index contributed by atoms with van der Waals surface area (Å²) in [4.78, 5) is 24.3. The molecule has 0 saturated heterocycles. The number of aromatic nitrogens is 1. The number of nitrogens with zero attached hydrogens (tertiary/aromatic N) is 1. The Labute approximate surface area is 146 Å². The van der Waals surface area contributed by atoms with E-state index in [-0.39, 0.29) is 18.2 Å². The molecule has 1 heterocycles. The fraction of sp³-hybridized carbons (Fsp3) is 0.333. The van der Waals surface area contributed by atoms with Crippen LogP contribution in [0.2, 0.25) is 0 Å². The first kappa shape index (κ1) is 18.4. The van der Waals surface area contributed by atoms with E-state index < -0.39 is 0 Å². The van der Waals surface area contributed by atoms with Crippen molar-refractivity contribution in [1.82, 2.24) is 4.57 Å². The van der Waals surface area contributed by atoms with Gasteiger partial charge in [0.25, 0.3) is 0 Å². The predicted molar refractivity (Wildman–Crippen MR) is 90.7 cm³/mol. The summed E-state index contributed by atoms with van der Waals surface area (Å²) in [6.45, 7) is 0. The minimum Gasteiger partial charge on any atom is -0.493 e. The average molecular weight is 347 g/mol. The fourth-order valence-electron chi connectivity index (χ4n) is 2.54. The quantitative estimate of drug-likeness (QED) is 0.563. The average Bonchev–Trinajstić information content (AvgIpc) is 2.99. The number of hydrogen-bond acceptors (Lipinski definition) is 6. The van der Waals surface area contributed by atoms with Gasteiger partial charge in [-0.1, -0.05) is 0 Å². The molecule has 0 amide bonds. The van der Waals surface area contributed by atoms with Gasteiger partial charge in [-0.15, -0.1) is 0 Å². The minimum atomic E-state index is -0.368. The van der Waals surface area contributed by atoms with Crippen molar-refractivity contribution in [2.75, 3.05) is 28.4 Å². The molecule has 7 nitrogen and oxygen atoms in total. The minimum absolute atomic E-state index is 0.0928. The highest BCUT2D eigenvalue weighted by Crippen LogP contribution is 2.38. The van der Waals surface area contributed by atoms with Crippen LogP contribution in [0.3, 0.4) is 0 Å². The highest BCUT2D eigenvalue weighted by atomic mass is 16.5. The summed E-state index contributed by atoms with van der Waals surface area (Å²) >= 11 is 0. The van der Waals surface area contributed by atoms with Crippen LogP contribution in [0.5, 0.6) is 17.2 Å². The van der Waals surface area contributed by atoms with Crippen LogP contribution in [-0.4, -0.2) is 44.8 Å². The maximum Gasteiger partial charge on any atom is 0.311 e. The molecule has 0 radical (unpaired) electrons. The Bertz CT molecular complexity index is 768. The number of esters is 1. The first-order chi connectivity index (χ1) is 12.0. The van der Waals surface area contributed by atoms with Gasteiger partial charge in [0.1, 0.15) is 0 Å². The third kappa shape index (κ3) is 3.60. The van der Waals surface area contributed by atoms with Crippen LogP contribution in [0.1, 0.15) is 21.7 Å². The van der Waals surface area contributed by atoms with Gasteiger partial charge >= 0.3 is 5.97 Å². The largest absolute Gasteiger partial charge is 0.493 e. The van der Waals surface area contributed by atoms with Gasteiger partial charge in [0, 0.05) is 18.3 Å².